The predicted octanol–water partition coefficient (Wildman–Crippen LogP) is 0.560. The minimum absolute atomic E-state index is 0.0428. The Hall–Kier alpha value is -0.931. The van der Waals surface area contributed by atoms with Crippen molar-refractivity contribution in [2.75, 3.05) is 5.01 Å². The zero-order valence-electron chi connectivity index (χ0n) is 7.44. The van der Waals surface area contributed by atoms with E-state index in [0.29, 0.717) is 6.42 Å². The average molecular weight is 242 g/mol. The number of anilines is 1. The number of amides is 1. The molecule has 1 aliphatic heterocycles. The van der Waals surface area contributed by atoms with Crippen LogP contribution in [-0.2, 0) is 4.79 Å². The van der Waals surface area contributed by atoms with Crippen LogP contribution in [0.4, 0.5) is 4.69 Å². The van der Waals surface area contributed by atoms with E-state index in [4.69, 9.17) is 0 Å². The first-order chi connectivity index (χ1) is 6.16. The van der Waals surface area contributed by atoms with Crippen LogP contribution in [0.5, 0.6) is 0 Å². The van der Waals surface area contributed by atoms with Crippen molar-refractivity contribution in [1.29, 1.82) is 0 Å². The molecule has 0 fully saturated rings. The van der Waals surface area contributed by atoms with Gasteiger partial charge in [0.1, 0.15) is 0 Å². The molecule has 0 spiro atoms. The van der Waals surface area contributed by atoms with E-state index >= 15 is 0 Å². The van der Waals surface area contributed by atoms with Crippen molar-refractivity contribution < 1.29 is 4.79 Å². The topological polar surface area (TPSA) is 45.6 Å². The third-order valence-electron chi connectivity index (χ3n) is 1.70. The van der Waals surface area contributed by atoms with Crippen LogP contribution in [-0.4, -0.2) is 31.1 Å². The van der Waals surface area contributed by atoms with E-state index in [-0.39, 0.29) is 20.4 Å². The summed E-state index contributed by atoms with van der Waals surface area (Å²) in [5.41, 5.74) is 0.869. The maximum absolute atomic E-state index is 11.4. The number of hydrazone groups is 1. The molecular formula is C8H9N3OSe. The molecule has 68 valence electrons. The third kappa shape index (κ3) is 1.57. The zero-order chi connectivity index (χ0) is 9.42. The summed E-state index contributed by atoms with van der Waals surface area (Å²) < 4.78 is 2.04. The molecule has 4 nitrogen and oxygen atoms in total. The molecule has 0 saturated heterocycles. The van der Waals surface area contributed by atoms with Gasteiger partial charge in [0, 0.05) is 0 Å². The summed E-state index contributed by atoms with van der Waals surface area (Å²) >= 11 is 0.184. The number of nitrogens with zero attached hydrogens (tertiary/aromatic N) is 3. The van der Waals surface area contributed by atoms with Crippen LogP contribution in [0.2, 0.25) is 0 Å². The van der Waals surface area contributed by atoms with E-state index in [2.05, 4.69) is 10.1 Å². The second-order valence-electron chi connectivity index (χ2n) is 2.97. The number of carbonyl (C=O) groups is 1. The zero-order valence-corrected chi connectivity index (χ0v) is 9.16. The van der Waals surface area contributed by atoms with Gasteiger partial charge in [-0.2, -0.15) is 0 Å². The van der Waals surface area contributed by atoms with Gasteiger partial charge in [-0.3, -0.25) is 0 Å². The molecule has 2 heterocycles. The van der Waals surface area contributed by atoms with Crippen molar-refractivity contribution in [3.05, 3.63) is 10.6 Å². The normalized spacial score (nSPS) is 16.6. The summed E-state index contributed by atoms with van der Waals surface area (Å²) in [6.07, 6.45) is 2.25. The first kappa shape index (κ1) is 8.66. The van der Waals surface area contributed by atoms with Gasteiger partial charge in [-0.05, 0) is 0 Å². The average Bonchev–Trinajstić information content (AvgIpc) is 2.58. The van der Waals surface area contributed by atoms with E-state index in [1.165, 1.54) is 9.45 Å². The molecule has 5 heteroatoms. The first-order valence-electron chi connectivity index (χ1n) is 3.96. The Bertz CT molecular complexity index is 382. The number of aryl methyl sites for hydroxylation is 1. The third-order valence-corrected chi connectivity index (χ3v) is 3.57. The van der Waals surface area contributed by atoms with Crippen LogP contribution >= 0.6 is 0 Å². The van der Waals surface area contributed by atoms with Gasteiger partial charge < -0.3 is 0 Å². The van der Waals surface area contributed by atoms with E-state index in [0.717, 1.165) is 10.4 Å². The van der Waals surface area contributed by atoms with Crippen LogP contribution in [0.15, 0.2) is 11.3 Å². The quantitative estimate of drug-likeness (QED) is 0.675. The molecule has 0 atom stereocenters. The molecule has 0 N–H and O–H groups in total. The monoisotopic (exact) mass is 243 g/mol. The second kappa shape index (κ2) is 3.09. The summed E-state index contributed by atoms with van der Waals surface area (Å²) in [7, 11) is 0. The molecule has 1 amide bonds. The number of rotatable bonds is 1. The Morgan fingerprint density at radius 2 is 2.31 bits per heavy atom. The van der Waals surface area contributed by atoms with E-state index in [1.807, 2.05) is 20.0 Å². The number of carbonyl (C=O) groups excluding carboxylic acids is 1. The molecular weight excluding hydrogens is 233 g/mol. The van der Waals surface area contributed by atoms with Crippen molar-refractivity contribution >= 4 is 30.8 Å². The predicted molar refractivity (Wildman–Crippen MR) is 51.1 cm³/mol. The fraction of sp³-hybridized carbons (Fsp3) is 0.375. The van der Waals surface area contributed by atoms with E-state index in [1.54, 1.807) is 0 Å². The van der Waals surface area contributed by atoms with Gasteiger partial charge in [0.05, 0.1) is 0 Å². The van der Waals surface area contributed by atoms with E-state index in [9.17, 15) is 4.79 Å². The van der Waals surface area contributed by atoms with Gasteiger partial charge in [-0.25, -0.2) is 0 Å². The van der Waals surface area contributed by atoms with Gasteiger partial charge in [-0.1, -0.05) is 0 Å². The molecule has 2 rings (SSSR count). The van der Waals surface area contributed by atoms with E-state index < -0.39 is 0 Å². The van der Waals surface area contributed by atoms with Gasteiger partial charge >= 0.3 is 81.6 Å². The van der Waals surface area contributed by atoms with Crippen LogP contribution in [0.3, 0.4) is 0 Å². The number of hydrogen-bond acceptors (Lipinski definition) is 3. The van der Waals surface area contributed by atoms with Crippen molar-refractivity contribution in [3.8, 4) is 0 Å². The second-order valence-corrected chi connectivity index (χ2v) is 5.52. The van der Waals surface area contributed by atoms with Gasteiger partial charge in [0.25, 0.3) is 0 Å². The molecule has 0 saturated carbocycles. The molecule has 0 unspecified atom stereocenters. The van der Waals surface area contributed by atoms with Crippen molar-refractivity contribution in [1.82, 2.24) is 4.98 Å². The fourth-order valence-electron chi connectivity index (χ4n) is 1.15. The number of hydrogen-bond donors (Lipinski definition) is 0. The minimum atomic E-state index is 0.0428. The van der Waals surface area contributed by atoms with Crippen molar-refractivity contribution in [3.63, 3.8) is 0 Å². The molecule has 0 bridgehead atoms. The van der Waals surface area contributed by atoms with Crippen LogP contribution in [0.25, 0.3) is 0 Å². The molecule has 1 aromatic rings. The summed E-state index contributed by atoms with van der Waals surface area (Å²) in [5, 5.41) is 5.58. The molecule has 0 aliphatic carbocycles. The van der Waals surface area contributed by atoms with Crippen LogP contribution < -0.4 is 5.01 Å². The molecule has 1 aromatic heterocycles. The van der Waals surface area contributed by atoms with Crippen LogP contribution in [0, 0.1) is 6.92 Å². The Kier molecular flexibility index (Phi) is 2.06. The standard InChI is InChI=1S/C8H9N3OSe/c1-5-3-7(12)11(10-5)8-9-4-6(2)13-8/h4H,3H2,1-2H3. The maximum atomic E-state index is 11.4. The Morgan fingerprint density at radius 3 is 2.77 bits per heavy atom. The van der Waals surface area contributed by atoms with Gasteiger partial charge in [-0.15, -0.1) is 0 Å². The molecule has 1 aliphatic rings. The van der Waals surface area contributed by atoms with Gasteiger partial charge in [0.2, 0.25) is 0 Å². The number of aromatic nitrogens is 1. The summed E-state index contributed by atoms with van der Waals surface area (Å²) in [6, 6.07) is 0. The van der Waals surface area contributed by atoms with Crippen LogP contribution in [0.1, 0.15) is 17.8 Å². The Morgan fingerprint density at radius 1 is 1.54 bits per heavy atom. The summed E-state index contributed by atoms with van der Waals surface area (Å²) in [4.78, 5) is 15.6. The summed E-state index contributed by atoms with van der Waals surface area (Å²) in [6.45, 7) is 3.88. The Balaban J connectivity index is 2.32. The molecule has 0 radical (unpaired) electrons. The summed E-state index contributed by atoms with van der Waals surface area (Å²) in [5.74, 6) is 0.0428. The van der Waals surface area contributed by atoms with Crippen molar-refractivity contribution in [2.24, 2.45) is 5.10 Å². The SMILES string of the molecule is CC1=NN(c2ncc(C)[se]2)C(=O)C1. The van der Waals surface area contributed by atoms with Crippen molar-refractivity contribution in [2.45, 2.75) is 20.3 Å². The Labute approximate surface area is 82.0 Å². The first-order valence-corrected chi connectivity index (χ1v) is 5.67. The molecule has 0 aromatic carbocycles. The fourth-order valence-corrected chi connectivity index (χ4v) is 2.67. The molecule has 13 heavy (non-hydrogen) atoms. The van der Waals surface area contributed by atoms with Gasteiger partial charge in [0.15, 0.2) is 0 Å².